The zero-order valence-electron chi connectivity index (χ0n) is 11.4. The topological polar surface area (TPSA) is 36.0 Å². The predicted octanol–water partition coefficient (Wildman–Crippen LogP) is 5.21. The summed E-state index contributed by atoms with van der Waals surface area (Å²) in [5, 5.41) is 11.6. The Hall–Kier alpha value is -1.81. The van der Waals surface area contributed by atoms with E-state index in [-0.39, 0.29) is 5.82 Å². The van der Waals surface area contributed by atoms with Gasteiger partial charge in [-0.3, -0.25) is 0 Å². The SMILES string of the molecule is O[C@@H](c1ccc(F)cc1)c1c[nH]cc1-c1ccc(Cl)cc1Cl. The number of rotatable bonds is 3. The average molecular weight is 336 g/mol. The van der Waals surface area contributed by atoms with Crippen molar-refractivity contribution in [2.45, 2.75) is 6.10 Å². The Morgan fingerprint density at radius 1 is 0.955 bits per heavy atom. The van der Waals surface area contributed by atoms with E-state index in [1.165, 1.54) is 12.1 Å². The first-order valence-corrected chi connectivity index (χ1v) is 7.37. The fourth-order valence-corrected chi connectivity index (χ4v) is 2.88. The van der Waals surface area contributed by atoms with Crippen molar-refractivity contribution in [1.29, 1.82) is 0 Å². The minimum absolute atomic E-state index is 0.342. The van der Waals surface area contributed by atoms with Crippen LogP contribution in [0.4, 0.5) is 4.39 Å². The van der Waals surface area contributed by atoms with Crippen LogP contribution in [-0.4, -0.2) is 10.1 Å². The molecule has 0 bridgehead atoms. The maximum absolute atomic E-state index is 13.0. The summed E-state index contributed by atoms with van der Waals surface area (Å²) in [5.41, 5.74) is 2.81. The molecule has 112 valence electrons. The first kappa shape index (κ1) is 15.1. The van der Waals surface area contributed by atoms with E-state index in [0.717, 1.165) is 11.1 Å². The largest absolute Gasteiger partial charge is 0.384 e. The lowest BCUT2D eigenvalue weighted by molar-refractivity contribution is 0.221. The summed E-state index contributed by atoms with van der Waals surface area (Å²) in [5.74, 6) is -0.342. The summed E-state index contributed by atoms with van der Waals surface area (Å²) in [6, 6.07) is 10.9. The number of benzene rings is 2. The zero-order chi connectivity index (χ0) is 15.7. The fraction of sp³-hybridized carbons (Fsp3) is 0.0588. The van der Waals surface area contributed by atoms with Crippen LogP contribution in [0, 0.1) is 5.82 Å². The number of H-pyrrole nitrogens is 1. The lowest BCUT2D eigenvalue weighted by Gasteiger charge is -2.13. The van der Waals surface area contributed by atoms with E-state index in [2.05, 4.69) is 4.98 Å². The van der Waals surface area contributed by atoms with E-state index in [4.69, 9.17) is 23.2 Å². The second-order valence-electron chi connectivity index (χ2n) is 4.90. The van der Waals surface area contributed by atoms with Crippen molar-refractivity contribution in [3.63, 3.8) is 0 Å². The summed E-state index contributed by atoms with van der Waals surface area (Å²) in [7, 11) is 0. The number of nitrogens with one attached hydrogen (secondary N) is 1. The summed E-state index contributed by atoms with van der Waals surface area (Å²) >= 11 is 12.1. The lowest BCUT2D eigenvalue weighted by atomic mass is 9.97. The average Bonchev–Trinajstić information content (AvgIpc) is 2.96. The zero-order valence-corrected chi connectivity index (χ0v) is 12.9. The molecule has 1 heterocycles. The third-order valence-electron chi connectivity index (χ3n) is 3.48. The standard InChI is InChI=1S/C17H12Cl2FNO/c18-11-3-6-13(16(19)7-11)14-8-21-9-15(14)17(22)10-1-4-12(20)5-2-10/h1-9,17,21-22H/t17-/m0/s1. The quantitative estimate of drug-likeness (QED) is 0.677. The maximum Gasteiger partial charge on any atom is 0.123 e. The van der Waals surface area contributed by atoms with Gasteiger partial charge in [-0.15, -0.1) is 0 Å². The molecule has 2 N–H and O–H groups in total. The summed E-state index contributed by atoms with van der Waals surface area (Å²) in [4.78, 5) is 2.98. The predicted molar refractivity (Wildman–Crippen MR) is 86.7 cm³/mol. The third kappa shape index (κ3) is 2.88. The number of aliphatic hydroxyl groups excluding tert-OH is 1. The number of halogens is 3. The van der Waals surface area contributed by atoms with Crippen molar-refractivity contribution in [2.75, 3.05) is 0 Å². The van der Waals surface area contributed by atoms with E-state index in [1.54, 1.807) is 42.7 Å². The lowest BCUT2D eigenvalue weighted by Crippen LogP contribution is -2.00. The summed E-state index contributed by atoms with van der Waals surface area (Å²) < 4.78 is 13.0. The Labute approximate surface area is 137 Å². The highest BCUT2D eigenvalue weighted by Crippen LogP contribution is 2.36. The van der Waals surface area contributed by atoms with Gasteiger partial charge in [0.05, 0.1) is 0 Å². The molecular weight excluding hydrogens is 324 g/mol. The molecule has 1 aromatic heterocycles. The van der Waals surface area contributed by atoms with Crippen LogP contribution in [0.1, 0.15) is 17.2 Å². The van der Waals surface area contributed by atoms with E-state index in [1.807, 2.05) is 0 Å². The van der Waals surface area contributed by atoms with Crippen molar-refractivity contribution in [1.82, 2.24) is 4.98 Å². The highest BCUT2D eigenvalue weighted by Gasteiger charge is 2.18. The van der Waals surface area contributed by atoms with Crippen LogP contribution in [0.2, 0.25) is 10.0 Å². The van der Waals surface area contributed by atoms with Crippen LogP contribution in [0.5, 0.6) is 0 Å². The molecule has 0 aliphatic rings. The number of aromatic amines is 1. The number of hydrogen-bond acceptors (Lipinski definition) is 1. The first-order valence-electron chi connectivity index (χ1n) is 6.62. The molecule has 0 saturated heterocycles. The van der Waals surface area contributed by atoms with Gasteiger partial charge in [0.15, 0.2) is 0 Å². The molecule has 1 atom stereocenters. The molecule has 0 radical (unpaired) electrons. The maximum atomic E-state index is 13.0. The van der Waals surface area contributed by atoms with Gasteiger partial charge in [0, 0.05) is 39.1 Å². The van der Waals surface area contributed by atoms with E-state index < -0.39 is 6.10 Å². The minimum Gasteiger partial charge on any atom is -0.384 e. The van der Waals surface area contributed by atoms with E-state index in [9.17, 15) is 9.50 Å². The molecule has 0 unspecified atom stereocenters. The molecule has 2 aromatic carbocycles. The second-order valence-corrected chi connectivity index (χ2v) is 5.75. The minimum atomic E-state index is -0.881. The molecule has 0 spiro atoms. The Bertz CT molecular complexity index is 799. The second kappa shape index (κ2) is 6.13. The number of hydrogen-bond donors (Lipinski definition) is 2. The molecular formula is C17H12Cl2FNO. The molecule has 22 heavy (non-hydrogen) atoms. The van der Waals surface area contributed by atoms with Gasteiger partial charge in [0.2, 0.25) is 0 Å². The van der Waals surface area contributed by atoms with Gasteiger partial charge in [0.25, 0.3) is 0 Å². The van der Waals surface area contributed by atoms with Crippen molar-refractivity contribution in [3.05, 3.63) is 81.8 Å². The molecule has 0 aliphatic heterocycles. The Kier molecular flexibility index (Phi) is 4.21. The molecule has 0 aliphatic carbocycles. The van der Waals surface area contributed by atoms with Crippen LogP contribution in [-0.2, 0) is 0 Å². The number of aromatic nitrogens is 1. The van der Waals surface area contributed by atoms with Crippen LogP contribution in [0.15, 0.2) is 54.9 Å². The van der Waals surface area contributed by atoms with Crippen LogP contribution < -0.4 is 0 Å². The van der Waals surface area contributed by atoms with Gasteiger partial charge in [-0.2, -0.15) is 0 Å². The van der Waals surface area contributed by atoms with Gasteiger partial charge in [-0.05, 0) is 29.8 Å². The normalized spacial score (nSPS) is 12.4. The molecule has 0 fully saturated rings. The van der Waals surface area contributed by atoms with Crippen molar-refractivity contribution in [2.24, 2.45) is 0 Å². The van der Waals surface area contributed by atoms with Gasteiger partial charge in [-0.25, -0.2) is 4.39 Å². The molecule has 3 aromatic rings. The first-order chi connectivity index (χ1) is 10.6. The molecule has 0 saturated carbocycles. The monoisotopic (exact) mass is 335 g/mol. The van der Waals surface area contributed by atoms with E-state index >= 15 is 0 Å². The van der Waals surface area contributed by atoms with E-state index in [0.29, 0.717) is 21.2 Å². The van der Waals surface area contributed by atoms with Crippen molar-refractivity contribution in [3.8, 4) is 11.1 Å². The van der Waals surface area contributed by atoms with Gasteiger partial charge in [0.1, 0.15) is 11.9 Å². The molecule has 5 heteroatoms. The third-order valence-corrected chi connectivity index (χ3v) is 4.03. The Balaban J connectivity index is 2.03. The smallest absolute Gasteiger partial charge is 0.123 e. The summed E-state index contributed by atoms with van der Waals surface area (Å²) in [6.07, 6.45) is 2.58. The van der Waals surface area contributed by atoms with Gasteiger partial charge >= 0.3 is 0 Å². The molecule has 2 nitrogen and oxygen atoms in total. The Morgan fingerprint density at radius 2 is 1.68 bits per heavy atom. The highest BCUT2D eigenvalue weighted by molar-refractivity contribution is 6.36. The van der Waals surface area contributed by atoms with Crippen LogP contribution in [0.25, 0.3) is 11.1 Å². The Morgan fingerprint density at radius 3 is 2.36 bits per heavy atom. The van der Waals surface area contributed by atoms with Gasteiger partial charge in [-0.1, -0.05) is 41.4 Å². The van der Waals surface area contributed by atoms with Crippen molar-refractivity contribution >= 4 is 23.2 Å². The summed E-state index contributed by atoms with van der Waals surface area (Å²) in [6.45, 7) is 0. The number of aliphatic hydroxyl groups is 1. The van der Waals surface area contributed by atoms with Gasteiger partial charge < -0.3 is 10.1 Å². The molecule has 3 rings (SSSR count). The van der Waals surface area contributed by atoms with Crippen LogP contribution >= 0.6 is 23.2 Å². The van der Waals surface area contributed by atoms with Crippen LogP contribution in [0.3, 0.4) is 0 Å². The molecule has 0 amide bonds. The van der Waals surface area contributed by atoms with Crippen molar-refractivity contribution < 1.29 is 9.50 Å². The fourth-order valence-electron chi connectivity index (χ4n) is 2.37. The highest BCUT2D eigenvalue weighted by atomic mass is 35.5.